The van der Waals surface area contributed by atoms with Gasteiger partial charge in [-0.1, -0.05) is 23.2 Å². The molecule has 0 bridgehead atoms. The Kier molecular flexibility index (Phi) is 5.96. The summed E-state index contributed by atoms with van der Waals surface area (Å²) >= 11 is 11.9. The molecular formula is C17H18Cl2N4O2. The van der Waals surface area contributed by atoms with Crippen LogP contribution in [0.3, 0.4) is 0 Å². The summed E-state index contributed by atoms with van der Waals surface area (Å²) in [6.07, 6.45) is 3.34. The van der Waals surface area contributed by atoms with Crippen LogP contribution in [-0.2, 0) is 0 Å². The number of nitrogens with zero attached hydrogens (tertiary/aromatic N) is 2. The van der Waals surface area contributed by atoms with Crippen molar-refractivity contribution in [3.63, 3.8) is 0 Å². The zero-order chi connectivity index (χ0) is 17.6. The highest BCUT2D eigenvalue weighted by atomic mass is 35.5. The van der Waals surface area contributed by atoms with Gasteiger partial charge < -0.3 is 20.3 Å². The fraction of sp³-hybridized carbons (Fsp3) is 0.294. The normalized spacial score (nSPS) is 17.2. The number of nitrogens with one attached hydrogen (secondary N) is 2. The van der Waals surface area contributed by atoms with Gasteiger partial charge in [0.05, 0.1) is 22.3 Å². The van der Waals surface area contributed by atoms with Crippen LogP contribution < -0.4 is 15.4 Å². The van der Waals surface area contributed by atoms with Crippen LogP contribution in [0.15, 0.2) is 42.7 Å². The van der Waals surface area contributed by atoms with E-state index in [1.807, 2.05) is 12.1 Å². The Hall–Kier alpha value is -2.02. The van der Waals surface area contributed by atoms with E-state index in [1.165, 1.54) is 0 Å². The van der Waals surface area contributed by atoms with Crippen LogP contribution >= 0.6 is 23.2 Å². The number of benzene rings is 1. The van der Waals surface area contributed by atoms with Gasteiger partial charge in [-0.05, 0) is 30.3 Å². The minimum Gasteiger partial charge on any atom is -0.490 e. The lowest BCUT2D eigenvalue weighted by molar-refractivity contribution is 0.133. The van der Waals surface area contributed by atoms with Crippen LogP contribution in [0.5, 0.6) is 5.75 Å². The molecule has 132 valence electrons. The van der Waals surface area contributed by atoms with E-state index >= 15 is 0 Å². The SMILES string of the molecule is O=C(Nc1ccc(Cl)c(Cl)c1)N1CCNC[C@H]1COc1cccnc1. The first kappa shape index (κ1) is 17.8. The van der Waals surface area contributed by atoms with Crippen LogP contribution in [0.1, 0.15) is 0 Å². The second kappa shape index (κ2) is 8.38. The number of halogens is 2. The highest BCUT2D eigenvalue weighted by molar-refractivity contribution is 6.42. The molecule has 2 amide bonds. The predicted molar refractivity (Wildman–Crippen MR) is 98.6 cm³/mol. The van der Waals surface area contributed by atoms with Gasteiger partial charge >= 0.3 is 6.03 Å². The van der Waals surface area contributed by atoms with Crippen molar-refractivity contribution in [2.45, 2.75) is 6.04 Å². The number of aromatic nitrogens is 1. The zero-order valence-corrected chi connectivity index (χ0v) is 14.9. The van der Waals surface area contributed by atoms with E-state index < -0.39 is 0 Å². The number of carbonyl (C=O) groups excluding carboxylic acids is 1. The lowest BCUT2D eigenvalue weighted by Gasteiger charge is -2.35. The number of ether oxygens (including phenoxy) is 1. The maximum absolute atomic E-state index is 12.6. The molecule has 1 aromatic carbocycles. The lowest BCUT2D eigenvalue weighted by Crippen LogP contribution is -2.57. The number of amides is 2. The van der Waals surface area contributed by atoms with Crippen molar-refractivity contribution >= 4 is 34.9 Å². The summed E-state index contributed by atoms with van der Waals surface area (Å²) in [7, 11) is 0. The average molecular weight is 381 g/mol. The molecule has 1 aliphatic heterocycles. The van der Waals surface area contributed by atoms with Crippen molar-refractivity contribution < 1.29 is 9.53 Å². The Labute approximate surface area is 156 Å². The number of rotatable bonds is 4. The Morgan fingerprint density at radius 1 is 1.36 bits per heavy atom. The second-order valence-corrected chi connectivity index (χ2v) is 6.42. The Morgan fingerprint density at radius 2 is 2.24 bits per heavy atom. The Balaban J connectivity index is 1.63. The van der Waals surface area contributed by atoms with E-state index in [0.717, 1.165) is 6.54 Å². The molecule has 25 heavy (non-hydrogen) atoms. The minimum atomic E-state index is -0.195. The second-order valence-electron chi connectivity index (χ2n) is 5.61. The van der Waals surface area contributed by atoms with E-state index in [-0.39, 0.29) is 12.1 Å². The van der Waals surface area contributed by atoms with Gasteiger partial charge in [-0.15, -0.1) is 0 Å². The Morgan fingerprint density at radius 3 is 3.00 bits per heavy atom. The van der Waals surface area contributed by atoms with Gasteiger partial charge in [0, 0.05) is 31.5 Å². The van der Waals surface area contributed by atoms with Crippen LogP contribution in [0.4, 0.5) is 10.5 Å². The number of anilines is 1. The maximum atomic E-state index is 12.6. The number of hydrogen-bond acceptors (Lipinski definition) is 4. The molecule has 1 atom stereocenters. The van der Waals surface area contributed by atoms with Crippen molar-refractivity contribution in [3.8, 4) is 5.75 Å². The summed E-state index contributed by atoms with van der Waals surface area (Å²) in [5, 5.41) is 6.98. The predicted octanol–water partition coefficient (Wildman–Crippen LogP) is 3.27. The first-order valence-corrected chi connectivity index (χ1v) is 8.65. The van der Waals surface area contributed by atoms with Gasteiger partial charge in [-0.25, -0.2) is 4.79 Å². The fourth-order valence-electron chi connectivity index (χ4n) is 2.57. The largest absolute Gasteiger partial charge is 0.490 e. The highest BCUT2D eigenvalue weighted by Gasteiger charge is 2.27. The van der Waals surface area contributed by atoms with Crippen LogP contribution in [0.25, 0.3) is 0 Å². The van der Waals surface area contributed by atoms with Crippen molar-refractivity contribution in [2.24, 2.45) is 0 Å². The zero-order valence-electron chi connectivity index (χ0n) is 13.4. The van der Waals surface area contributed by atoms with Crippen molar-refractivity contribution in [3.05, 3.63) is 52.8 Å². The summed E-state index contributed by atoms with van der Waals surface area (Å²) in [5.41, 5.74) is 0.602. The van der Waals surface area contributed by atoms with E-state index in [4.69, 9.17) is 27.9 Å². The summed E-state index contributed by atoms with van der Waals surface area (Å²) < 4.78 is 5.75. The van der Waals surface area contributed by atoms with Gasteiger partial charge in [0.1, 0.15) is 12.4 Å². The van der Waals surface area contributed by atoms with Gasteiger partial charge in [-0.2, -0.15) is 0 Å². The molecule has 1 fully saturated rings. The standard InChI is InChI=1S/C17H18Cl2N4O2/c18-15-4-3-12(8-16(15)19)22-17(24)23-7-6-21-9-13(23)11-25-14-2-1-5-20-10-14/h1-5,8,10,13,21H,6-7,9,11H2,(H,22,24)/t13-/m0/s1. The first-order chi connectivity index (χ1) is 12.1. The third-order valence-corrected chi connectivity index (χ3v) is 4.60. The molecule has 0 radical (unpaired) electrons. The summed E-state index contributed by atoms with van der Waals surface area (Å²) in [5.74, 6) is 0.679. The number of urea groups is 1. The maximum Gasteiger partial charge on any atom is 0.322 e. The topological polar surface area (TPSA) is 66.5 Å². The van der Waals surface area contributed by atoms with Crippen molar-refractivity contribution in [2.75, 3.05) is 31.6 Å². The number of carbonyl (C=O) groups is 1. The molecule has 1 saturated heterocycles. The highest BCUT2D eigenvalue weighted by Crippen LogP contribution is 2.25. The molecule has 2 N–H and O–H groups in total. The van der Waals surface area contributed by atoms with Crippen LogP contribution in [0.2, 0.25) is 10.0 Å². The molecule has 8 heteroatoms. The van der Waals surface area contributed by atoms with Gasteiger partial charge in [0.2, 0.25) is 0 Å². The third kappa shape index (κ3) is 4.75. The molecule has 0 aliphatic carbocycles. The summed E-state index contributed by atoms with van der Waals surface area (Å²) in [6, 6.07) is 8.37. The molecular weight excluding hydrogens is 363 g/mol. The Bertz CT molecular complexity index is 730. The van der Waals surface area contributed by atoms with E-state index in [0.29, 0.717) is 41.2 Å². The monoisotopic (exact) mass is 380 g/mol. The van der Waals surface area contributed by atoms with Gasteiger partial charge in [0.25, 0.3) is 0 Å². The van der Waals surface area contributed by atoms with Crippen LogP contribution in [0, 0.1) is 0 Å². The molecule has 0 spiro atoms. The van der Waals surface area contributed by atoms with Crippen molar-refractivity contribution in [1.29, 1.82) is 0 Å². The number of hydrogen-bond donors (Lipinski definition) is 2. The molecule has 2 aromatic rings. The third-order valence-electron chi connectivity index (χ3n) is 3.86. The van der Waals surface area contributed by atoms with Crippen LogP contribution in [-0.4, -0.2) is 48.2 Å². The van der Waals surface area contributed by atoms with Crippen molar-refractivity contribution in [1.82, 2.24) is 15.2 Å². The lowest BCUT2D eigenvalue weighted by atomic mass is 10.2. The molecule has 3 rings (SSSR count). The van der Waals surface area contributed by atoms with E-state index in [9.17, 15) is 4.79 Å². The molecule has 1 aliphatic rings. The average Bonchev–Trinajstić information content (AvgIpc) is 2.64. The van der Waals surface area contributed by atoms with E-state index in [2.05, 4.69) is 15.6 Å². The minimum absolute atomic E-state index is 0.0864. The molecule has 1 aromatic heterocycles. The number of pyridine rings is 1. The molecule has 0 unspecified atom stereocenters. The number of piperazine rings is 1. The summed E-state index contributed by atoms with van der Waals surface area (Å²) in [6.45, 7) is 2.37. The fourth-order valence-corrected chi connectivity index (χ4v) is 2.87. The molecule has 6 nitrogen and oxygen atoms in total. The summed E-state index contributed by atoms with van der Waals surface area (Å²) in [4.78, 5) is 18.4. The van der Waals surface area contributed by atoms with E-state index in [1.54, 1.807) is 35.5 Å². The van der Waals surface area contributed by atoms with Gasteiger partial charge in [-0.3, -0.25) is 4.98 Å². The first-order valence-electron chi connectivity index (χ1n) is 7.89. The molecule has 2 heterocycles. The quantitative estimate of drug-likeness (QED) is 0.853. The molecule has 0 saturated carbocycles. The van der Waals surface area contributed by atoms with Gasteiger partial charge in [0.15, 0.2) is 0 Å². The smallest absolute Gasteiger partial charge is 0.322 e.